The zero-order valence-electron chi connectivity index (χ0n) is 29.8. The molecule has 3 aromatic carbocycles. The van der Waals surface area contributed by atoms with E-state index in [2.05, 4.69) is 15.5 Å². The van der Waals surface area contributed by atoms with Crippen molar-refractivity contribution in [3.63, 3.8) is 0 Å². The summed E-state index contributed by atoms with van der Waals surface area (Å²) in [5, 5.41) is 10.8. The van der Waals surface area contributed by atoms with Crippen molar-refractivity contribution in [2.24, 2.45) is 0 Å². The number of piperidine rings is 1. The molecular formula is C37H38ClF2N5O8S. The van der Waals surface area contributed by atoms with Crippen LogP contribution in [0.15, 0.2) is 76.0 Å². The van der Waals surface area contributed by atoms with Gasteiger partial charge in [-0.15, -0.1) is 10.2 Å². The third kappa shape index (κ3) is 8.98. The molecule has 2 unspecified atom stereocenters. The van der Waals surface area contributed by atoms with E-state index in [1.807, 2.05) is 6.07 Å². The second-order valence-electron chi connectivity index (χ2n) is 14.5. The molecule has 4 aromatic rings. The van der Waals surface area contributed by atoms with Gasteiger partial charge in [-0.1, -0.05) is 54.1 Å². The predicted molar refractivity (Wildman–Crippen MR) is 193 cm³/mol. The molecule has 286 valence electrons. The zero-order chi connectivity index (χ0) is 39.0. The van der Waals surface area contributed by atoms with Crippen molar-refractivity contribution in [3.05, 3.63) is 94.6 Å². The highest BCUT2D eigenvalue weighted by molar-refractivity contribution is 7.91. The smallest absolute Gasteiger partial charge is 0.410 e. The minimum atomic E-state index is -4.42. The summed E-state index contributed by atoms with van der Waals surface area (Å²) >= 11 is 6.07. The van der Waals surface area contributed by atoms with E-state index in [-0.39, 0.29) is 55.7 Å². The minimum Gasteiger partial charge on any atom is -0.445 e. The molecule has 1 saturated heterocycles. The molecule has 1 aromatic heterocycles. The van der Waals surface area contributed by atoms with Gasteiger partial charge in [0.2, 0.25) is 5.89 Å². The number of alkyl halides is 1. The fraction of sp³-hybridized carbons (Fsp3) is 0.378. The van der Waals surface area contributed by atoms with E-state index in [0.29, 0.717) is 10.6 Å². The van der Waals surface area contributed by atoms with Gasteiger partial charge in [0, 0.05) is 11.6 Å². The Morgan fingerprint density at radius 1 is 1.07 bits per heavy atom. The zero-order valence-corrected chi connectivity index (χ0v) is 31.4. The number of amides is 3. The third-order valence-electron chi connectivity index (χ3n) is 8.69. The topological polar surface area (TPSA) is 161 Å². The number of nitrogens with zero attached hydrogens (tertiary/aromatic N) is 4. The molecule has 17 heteroatoms. The number of alkyl carbamates (subject to hydrolysis) is 1. The van der Waals surface area contributed by atoms with Crippen LogP contribution in [-0.4, -0.2) is 77.8 Å². The molecule has 0 radical (unpaired) electrons. The Kier molecular flexibility index (Phi) is 10.7. The second-order valence-corrected chi connectivity index (χ2v) is 17.0. The Morgan fingerprint density at radius 3 is 2.46 bits per heavy atom. The van der Waals surface area contributed by atoms with Crippen molar-refractivity contribution in [2.75, 3.05) is 23.7 Å². The number of carbonyl (C=O) groups is 3. The number of carbonyl (C=O) groups excluding carboxylic acids is 3. The van der Waals surface area contributed by atoms with E-state index >= 15 is 8.78 Å². The van der Waals surface area contributed by atoms with Gasteiger partial charge in [0.1, 0.15) is 29.7 Å². The average molecular weight is 786 g/mol. The first-order chi connectivity index (χ1) is 25.4. The number of aromatic nitrogens is 2. The number of anilines is 1. The standard InChI is InChI=1S/C37H38ClF2N5O8S/c1-36(2,3)53-34(47)41-28-20-54(49,50)30-15-27(39)26(14-29(30)45(33(28)46)17-22-10-12-25(38)13-11-22)32-43-42-31(52-32)24-16-37(4,40)21-44(18-24)35(48)51-19-23-8-6-5-7-9-23/h5-15,24,28H,16-21H2,1-4H3,(H,41,47)/t24?,28-,37?/m0/s1. The van der Waals surface area contributed by atoms with E-state index in [1.54, 1.807) is 69.3 Å². The monoisotopic (exact) mass is 785 g/mol. The van der Waals surface area contributed by atoms with Gasteiger partial charge >= 0.3 is 12.2 Å². The number of halogens is 3. The fourth-order valence-corrected chi connectivity index (χ4v) is 8.08. The highest BCUT2D eigenvalue weighted by atomic mass is 35.5. The van der Waals surface area contributed by atoms with E-state index in [1.165, 1.54) is 11.8 Å². The molecule has 0 saturated carbocycles. The average Bonchev–Trinajstić information content (AvgIpc) is 3.57. The Bertz CT molecular complexity index is 2160. The number of fused-ring (bicyclic) bond motifs is 1. The van der Waals surface area contributed by atoms with Gasteiger partial charge in [-0.25, -0.2) is 26.8 Å². The van der Waals surface area contributed by atoms with Crippen molar-refractivity contribution < 1.29 is 45.5 Å². The summed E-state index contributed by atoms with van der Waals surface area (Å²) in [5.74, 6) is -4.02. The molecule has 3 atom stereocenters. The highest BCUT2D eigenvalue weighted by Gasteiger charge is 2.43. The lowest BCUT2D eigenvalue weighted by molar-refractivity contribution is -0.120. The van der Waals surface area contributed by atoms with Crippen LogP contribution in [0.25, 0.3) is 11.5 Å². The van der Waals surface area contributed by atoms with Crippen LogP contribution in [-0.2, 0) is 37.3 Å². The molecule has 2 aliphatic heterocycles. The van der Waals surface area contributed by atoms with Gasteiger partial charge < -0.3 is 29.0 Å². The van der Waals surface area contributed by atoms with E-state index < -0.39 is 67.6 Å². The summed E-state index contributed by atoms with van der Waals surface area (Å²) in [6.07, 6.45) is -1.86. The van der Waals surface area contributed by atoms with Gasteiger partial charge in [0.25, 0.3) is 11.8 Å². The van der Waals surface area contributed by atoms with Gasteiger partial charge in [-0.05, 0) is 69.5 Å². The molecule has 13 nitrogen and oxygen atoms in total. The Balaban J connectivity index is 1.32. The molecule has 6 rings (SSSR count). The van der Waals surface area contributed by atoms with Crippen LogP contribution in [0.2, 0.25) is 5.02 Å². The largest absolute Gasteiger partial charge is 0.445 e. The number of likely N-dealkylation sites (tertiary alicyclic amines) is 1. The van der Waals surface area contributed by atoms with Crippen LogP contribution in [0.5, 0.6) is 0 Å². The van der Waals surface area contributed by atoms with E-state index in [4.69, 9.17) is 25.5 Å². The molecule has 3 heterocycles. The predicted octanol–water partition coefficient (Wildman–Crippen LogP) is 6.60. The Hall–Kier alpha value is -5.09. The molecule has 54 heavy (non-hydrogen) atoms. The minimum absolute atomic E-state index is 0.0166. The van der Waals surface area contributed by atoms with Crippen LogP contribution in [0.1, 0.15) is 57.1 Å². The Morgan fingerprint density at radius 2 is 1.78 bits per heavy atom. The lowest BCUT2D eigenvalue weighted by Crippen LogP contribution is -2.51. The molecule has 1 fully saturated rings. The quantitative estimate of drug-likeness (QED) is 0.216. The first-order valence-corrected chi connectivity index (χ1v) is 19.0. The number of hydrogen-bond donors (Lipinski definition) is 1. The van der Waals surface area contributed by atoms with Crippen molar-refractivity contribution in [1.82, 2.24) is 20.4 Å². The van der Waals surface area contributed by atoms with Crippen molar-refractivity contribution in [1.29, 1.82) is 0 Å². The SMILES string of the molecule is CC1(F)CC(c2nnc(-c3cc4c(cc3F)S(=O)(=O)C[C@H](NC(=O)OC(C)(C)C)C(=O)N4Cc3ccc(Cl)cc3)o2)CN(C(=O)OCc2ccccc2)C1. The number of rotatable bonds is 7. The molecule has 3 amide bonds. The lowest BCUT2D eigenvalue weighted by Gasteiger charge is -2.37. The molecule has 0 spiro atoms. The first-order valence-electron chi connectivity index (χ1n) is 17.0. The third-order valence-corrected chi connectivity index (χ3v) is 10.7. The maximum Gasteiger partial charge on any atom is 0.410 e. The van der Waals surface area contributed by atoms with Gasteiger partial charge in [0.15, 0.2) is 9.84 Å². The van der Waals surface area contributed by atoms with Crippen LogP contribution in [0, 0.1) is 5.82 Å². The van der Waals surface area contributed by atoms with Crippen LogP contribution in [0.3, 0.4) is 0 Å². The molecule has 1 N–H and O–H groups in total. The van der Waals surface area contributed by atoms with Gasteiger partial charge in [-0.2, -0.15) is 0 Å². The van der Waals surface area contributed by atoms with Gasteiger partial charge in [0.05, 0.1) is 40.9 Å². The summed E-state index contributed by atoms with van der Waals surface area (Å²) in [5.41, 5.74) is -2.07. The molecule has 0 bridgehead atoms. The summed E-state index contributed by atoms with van der Waals surface area (Å²) < 4.78 is 75.7. The summed E-state index contributed by atoms with van der Waals surface area (Å²) in [6.45, 7) is 5.66. The van der Waals surface area contributed by atoms with Crippen molar-refractivity contribution in [3.8, 4) is 11.5 Å². The maximum absolute atomic E-state index is 16.0. The first kappa shape index (κ1) is 38.6. The Labute approximate surface area is 315 Å². The van der Waals surface area contributed by atoms with E-state index in [9.17, 15) is 22.8 Å². The van der Waals surface area contributed by atoms with Crippen LogP contribution >= 0.6 is 11.6 Å². The maximum atomic E-state index is 16.0. The van der Waals surface area contributed by atoms with Crippen LogP contribution < -0.4 is 10.2 Å². The number of ether oxygens (including phenoxy) is 2. The molecular weight excluding hydrogens is 748 g/mol. The number of nitrogens with one attached hydrogen (secondary N) is 1. The van der Waals surface area contributed by atoms with Crippen molar-refractivity contribution in [2.45, 2.75) is 75.4 Å². The van der Waals surface area contributed by atoms with Crippen LogP contribution in [0.4, 0.5) is 24.1 Å². The van der Waals surface area contributed by atoms with Gasteiger partial charge in [-0.3, -0.25) is 4.79 Å². The summed E-state index contributed by atoms with van der Waals surface area (Å²) in [7, 11) is -4.42. The molecule has 2 aliphatic rings. The number of sulfone groups is 1. The normalized spacial score (nSPS) is 21.2. The fourth-order valence-electron chi connectivity index (χ4n) is 6.34. The number of hydrogen-bond acceptors (Lipinski definition) is 10. The number of benzene rings is 3. The second kappa shape index (κ2) is 15.0. The van der Waals surface area contributed by atoms with Crippen molar-refractivity contribution >= 4 is 45.2 Å². The summed E-state index contributed by atoms with van der Waals surface area (Å²) in [6, 6.07) is 15.7. The van der Waals surface area contributed by atoms with E-state index in [0.717, 1.165) is 22.6 Å². The molecule has 0 aliphatic carbocycles. The summed E-state index contributed by atoms with van der Waals surface area (Å²) in [4.78, 5) is 41.6. The highest BCUT2D eigenvalue weighted by Crippen LogP contribution is 2.39. The lowest BCUT2D eigenvalue weighted by atomic mass is 9.88.